The van der Waals surface area contributed by atoms with Crippen LogP contribution in [0.15, 0.2) is 23.2 Å². The normalized spacial score (nSPS) is 10.9. The summed E-state index contributed by atoms with van der Waals surface area (Å²) >= 11 is 0. The number of halogens is 3. The van der Waals surface area contributed by atoms with Crippen molar-refractivity contribution in [3.63, 3.8) is 0 Å². The average Bonchev–Trinajstić information content (AvgIpc) is 2.52. The maximum Gasteiger partial charge on any atom is 0.191 e. The van der Waals surface area contributed by atoms with Crippen LogP contribution in [-0.4, -0.2) is 45.9 Å². The van der Waals surface area contributed by atoms with Crippen LogP contribution in [0.4, 0.5) is 8.78 Å². The number of rotatable bonds is 9. The Kier molecular flexibility index (Phi) is 12.6. The molecule has 0 fully saturated rings. The lowest BCUT2D eigenvalue weighted by Gasteiger charge is -2.12. The van der Waals surface area contributed by atoms with E-state index in [-0.39, 0.29) is 24.0 Å². The molecule has 0 aromatic heterocycles. The first-order valence-corrected chi connectivity index (χ1v) is 7.27. The zero-order valence-electron chi connectivity index (χ0n) is 13.4. The largest absolute Gasteiger partial charge is 0.492 e. The van der Waals surface area contributed by atoms with Crippen molar-refractivity contribution in [3.8, 4) is 5.75 Å². The number of hydrogen-bond donors (Lipinski definition) is 2. The third-order valence-corrected chi connectivity index (χ3v) is 2.74. The second-order valence-corrected chi connectivity index (χ2v) is 4.40. The molecule has 0 unspecified atom stereocenters. The number of nitrogens with zero attached hydrogens (tertiary/aromatic N) is 1. The van der Waals surface area contributed by atoms with Crippen molar-refractivity contribution in [1.82, 2.24) is 10.6 Å². The van der Waals surface area contributed by atoms with E-state index in [1.165, 1.54) is 6.07 Å². The van der Waals surface area contributed by atoms with Gasteiger partial charge in [-0.2, -0.15) is 0 Å². The van der Waals surface area contributed by atoms with Crippen molar-refractivity contribution >= 4 is 29.9 Å². The first kappa shape index (κ1) is 21.8. The van der Waals surface area contributed by atoms with Gasteiger partial charge in [-0.25, -0.2) is 8.78 Å². The highest BCUT2D eigenvalue weighted by atomic mass is 127. The number of hydrogen-bond acceptors (Lipinski definition) is 3. The molecule has 23 heavy (non-hydrogen) atoms. The summed E-state index contributed by atoms with van der Waals surface area (Å²) in [5.74, 6) is -0.856. The van der Waals surface area contributed by atoms with Gasteiger partial charge in [0.2, 0.25) is 0 Å². The number of aliphatic imine (C=N–C) groups is 1. The molecule has 2 N–H and O–H groups in total. The fourth-order valence-electron chi connectivity index (χ4n) is 1.65. The van der Waals surface area contributed by atoms with Gasteiger partial charge in [-0.1, -0.05) is 0 Å². The highest BCUT2D eigenvalue weighted by Crippen LogP contribution is 2.14. The lowest BCUT2D eigenvalue weighted by Crippen LogP contribution is -2.39. The lowest BCUT2D eigenvalue weighted by atomic mass is 10.3. The van der Waals surface area contributed by atoms with Gasteiger partial charge < -0.3 is 20.1 Å². The van der Waals surface area contributed by atoms with E-state index in [4.69, 9.17) is 9.47 Å². The van der Waals surface area contributed by atoms with Gasteiger partial charge in [0.05, 0.1) is 6.54 Å². The van der Waals surface area contributed by atoms with E-state index in [0.717, 1.165) is 25.1 Å². The Morgan fingerprint density at radius 1 is 1.13 bits per heavy atom. The van der Waals surface area contributed by atoms with Gasteiger partial charge in [-0.15, -0.1) is 24.0 Å². The Bertz CT molecular complexity index is 476. The molecule has 0 aliphatic heterocycles. The molecule has 0 atom stereocenters. The smallest absolute Gasteiger partial charge is 0.191 e. The SMILES string of the molecule is CCOCCCNC(=NC)NCCOc1ccc(F)c(F)c1.I. The highest BCUT2D eigenvalue weighted by Gasteiger charge is 2.03. The van der Waals surface area contributed by atoms with E-state index in [0.29, 0.717) is 38.1 Å². The van der Waals surface area contributed by atoms with Gasteiger partial charge >= 0.3 is 0 Å². The molecule has 5 nitrogen and oxygen atoms in total. The molecule has 0 radical (unpaired) electrons. The number of guanidine groups is 1. The zero-order valence-corrected chi connectivity index (χ0v) is 15.7. The molecule has 0 saturated carbocycles. The summed E-state index contributed by atoms with van der Waals surface area (Å²) in [7, 11) is 1.67. The predicted octanol–water partition coefficient (Wildman–Crippen LogP) is 2.55. The average molecular weight is 443 g/mol. The van der Waals surface area contributed by atoms with Crippen LogP contribution in [0.1, 0.15) is 13.3 Å². The van der Waals surface area contributed by atoms with E-state index < -0.39 is 11.6 Å². The third kappa shape index (κ3) is 9.54. The molecule has 0 heterocycles. The number of benzene rings is 1. The maximum atomic E-state index is 13.0. The van der Waals surface area contributed by atoms with Crippen LogP contribution in [0.2, 0.25) is 0 Å². The summed E-state index contributed by atoms with van der Waals surface area (Å²) in [6, 6.07) is 3.45. The zero-order chi connectivity index (χ0) is 16.2. The first-order valence-electron chi connectivity index (χ1n) is 7.27. The summed E-state index contributed by atoms with van der Waals surface area (Å²) in [4.78, 5) is 4.06. The second kappa shape index (κ2) is 13.3. The summed E-state index contributed by atoms with van der Waals surface area (Å²) in [5.41, 5.74) is 0. The molecule has 0 aliphatic rings. The van der Waals surface area contributed by atoms with Gasteiger partial charge in [-0.3, -0.25) is 4.99 Å². The van der Waals surface area contributed by atoms with Crippen LogP contribution in [-0.2, 0) is 4.74 Å². The third-order valence-electron chi connectivity index (χ3n) is 2.74. The molecule has 0 aliphatic carbocycles. The molecule has 1 aromatic rings. The molecule has 1 aromatic carbocycles. The Morgan fingerprint density at radius 2 is 1.87 bits per heavy atom. The van der Waals surface area contributed by atoms with Crippen molar-refractivity contribution in [1.29, 1.82) is 0 Å². The quantitative estimate of drug-likeness (QED) is 0.267. The second-order valence-electron chi connectivity index (χ2n) is 4.40. The van der Waals surface area contributed by atoms with E-state index in [2.05, 4.69) is 15.6 Å². The Balaban J connectivity index is 0.00000484. The molecule has 0 bridgehead atoms. The summed E-state index contributed by atoms with van der Waals surface area (Å²) in [5, 5.41) is 6.20. The first-order chi connectivity index (χ1) is 10.7. The molecule has 0 saturated heterocycles. The van der Waals surface area contributed by atoms with Gasteiger partial charge in [0, 0.05) is 32.9 Å². The topological polar surface area (TPSA) is 54.9 Å². The molecule has 1 rings (SSSR count). The van der Waals surface area contributed by atoms with Crippen LogP contribution in [0.25, 0.3) is 0 Å². The fraction of sp³-hybridized carbons (Fsp3) is 0.533. The van der Waals surface area contributed by atoms with Gasteiger partial charge in [0.25, 0.3) is 0 Å². The Hall–Kier alpha value is -1.16. The summed E-state index contributed by atoms with van der Waals surface area (Å²) < 4.78 is 36.3. The minimum absolute atomic E-state index is 0. The van der Waals surface area contributed by atoms with E-state index in [9.17, 15) is 8.78 Å². The van der Waals surface area contributed by atoms with Gasteiger partial charge in [-0.05, 0) is 25.5 Å². The van der Waals surface area contributed by atoms with Crippen molar-refractivity contribution in [2.75, 3.05) is 40.0 Å². The standard InChI is InChI=1S/C15H23F2N3O2.HI/c1-3-21-9-4-7-19-15(18-2)20-8-10-22-12-5-6-13(16)14(17)11-12;/h5-6,11H,3-4,7-10H2,1-2H3,(H2,18,19,20);1H. The highest BCUT2D eigenvalue weighted by molar-refractivity contribution is 14.0. The van der Waals surface area contributed by atoms with E-state index >= 15 is 0 Å². The minimum Gasteiger partial charge on any atom is -0.492 e. The van der Waals surface area contributed by atoms with E-state index in [1.54, 1.807) is 7.05 Å². The van der Waals surface area contributed by atoms with Crippen LogP contribution < -0.4 is 15.4 Å². The monoisotopic (exact) mass is 443 g/mol. The number of ether oxygens (including phenoxy) is 2. The lowest BCUT2D eigenvalue weighted by molar-refractivity contribution is 0.145. The Labute approximate surface area is 152 Å². The minimum atomic E-state index is -0.919. The van der Waals surface area contributed by atoms with Gasteiger partial charge in [0.1, 0.15) is 12.4 Å². The molecule has 0 amide bonds. The summed E-state index contributed by atoms with van der Waals surface area (Å²) in [6.07, 6.45) is 0.889. The van der Waals surface area contributed by atoms with Crippen molar-refractivity contribution in [3.05, 3.63) is 29.8 Å². The molecular formula is C15H24F2IN3O2. The maximum absolute atomic E-state index is 13.0. The fourth-order valence-corrected chi connectivity index (χ4v) is 1.65. The molecule has 132 valence electrons. The van der Waals surface area contributed by atoms with E-state index in [1.807, 2.05) is 6.92 Å². The molecule has 8 heteroatoms. The predicted molar refractivity (Wildman–Crippen MR) is 97.7 cm³/mol. The van der Waals surface area contributed by atoms with Gasteiger partial charge in [0.15, 0.2) is 17.6 Å². The summed E-state index contributed by atoms with van der Waals surface area (Å²) in [6.45, 7) is 4.94. The van der Waals surface area contributed by atoms with Crippen molar-refractivity contribution in [2.24, 2.45) is 4.99 Å². The van der Waals surface area contributed by atoms with Crippen molar-refractivity contribution in [2.45, 2.75) is 13.3 Å². The van der Waals surface area contributed by atoms with Crippen molar-refractivity contribution < 1.29 is 18.3 Å². The van der Waals surface area contributed by atoms with Crippen LogP contribution in [0, 0.1) is 11.6 Å². The number of nitrogens with one attached hydrogen (secondary N) is 2. The molecule has 0 spiro atoms. The van der Waals surface area contributed by atoms with Crippen LogP contribution in [0.3, 0.4) is 0 Å². The Morgan fingerprint density at radius 3 is 2.52 bits per heavy atom. The molecular weight excluding hydrogens is 419 g/mol. The van der Waals surface area contributed by atoms with Crippen LogP contribution >= 0.6 is 24.0 Å². The van der Waals surface area contributed by atoms with Crippen LogP contribution in [0.5, 0.6) is 5.75 Å².